The maximum atomic E-state index is 13.4. The van der Waals surface area contributed by atoms with Gasteiger partial charge in [0, 0.05) is 5.41 Å². The Balaban J connectivity index is 1.47. The Labute approximate surface area is 171 Å². The largest absolute Gasteiger partial charge is 0.497 e. The van der Waals surface area contributed by atoms with E-state index in [-0.39, 0.29) is 11.2 Å². The minimum atomic E-state index is -0.253. The summed E-state index contributed by atoms with van der Waals surface area (Å²) in [5.74, 6) is 2.49. The van der Waals surface area contributed by atoms with Crippen LogP contribution in [-0.2, 0) is 11.2 Å². The van der Waals surface area contributed by atoms with Crippen LogP contribution in [0.3, 0.4) is 0 Å². The van der Waals surface area contributed by atoms with Gasteiger partial charge in [-0.1, -0.05) is 25.1 Å². The molecule has 0 radical (unpaired) electrons. The van der Waals surface area contributed by atoms with Crippen molar-refractivity contribution in [3.63, 3.8) is 0 Å². The lowest BCUT2D eigenvalue weighted by Crippen LogP contribution is -2.42. The molecule has 0 bridgehead atoms. The van der Waals surface area contributed by atoms with Gasteiger partial charge in [-0.05, 0) is 102 Å². The van der Waals surface area contributed by atoms with E-state index in [2.05, 4.69) is 25.1 Å². The number of hydrogen-bond donors (Lipinski definition) is 0. The summed E-state index contributed by atoms with van der Waals surface area (Å²) in [4.78, 5) is 13.4. The summed E-state index contributed by atoms with van der Waals surface area (Å²) in [6, 6.07) is 13.0. The normalized spacial score (nSPS) is 31.9. The zero-order valence-electron chi connectivity index (χ0n) is 17.1. The molecule has 0 amide bonds. The Hall–Kier alpha value is -2.42. The van der Waals surface area contributed by atoms with Crippen LogP contribution in [-0.4, -0.2) is 12.9 Å². The van der Waals surface area contributed by atoms with Gasteiger partial charge >= 0.3 is 0 Å². The van der Waals surface area contributed by atoms with E-state index < -0.39 is 0 Å². The van der Waals surface area contributed by atoms with E-state index in [0.29, 0.717) is 23.5 Å². The van der Waals surface area contributed by atoms with E-state index in [1.807, 2.05) is 6.08 Å². The van der Waals surface area contributed by atoms with E-state index >= 15 is 0 Å². The second-order valence-corrected chi connectivity index (χ2v) is 9.19. The average Bonchev–Trinajstić information content (AvgIpc) is 2.99. The molecular formula is C26H27FO2. The molecule has 5 rings (SSSR count). The number of Topliss-reactive ketones (excluding diaryl/α,β-unsaturated/α-hetero) is 1. The van der Waals surface area contributed by atoms with E-state index in [9.17, 15) is 9.18 Å². The zero-order chi connectivity index (χ0) is 20.2. The molecule has 3 aliphatic rings. The molecule has 2 fully saturated rings. The van der Waals surface area contributed by atoms with E-state index in [4.69, 9.17) is 4.74 Å². The van der Waals surface area contributed by atoms with Crippen molar-refractivity contribution in [2.24, 2.45) is 17.3 Å². The van der Waals surface area contributed by atoms with Gasteiger partial charge in [-0.3, -0.25) is 4.79 Å². The molecule has 0 aromatic heterocycles. The highest BCUT2D eigenvalue weighted by Crippen LogP contribution is 2.60. The number of benzene rings is 2. The van der Waals surface area contributed by atoms with E-state index in [1.165, 1.54) is 23.3 Å². The number of methoxy groups -OCH3 is 1. The van der Waals surface area contributed by atoms with Crippen molar-refractivity contribution in [1.82, 2.24) is 0 Å². The Morgan fingerprint density at radius 1 is 1.14 bits per heavy atom. The van der Waals surface area contributed by atoms with Gasteiger partial charge in [0.15, 0.2) is 5.78 Å². The van der Waals surface area contributed by atoms with Crippen LogP contribution >= 0.6 is 0 Å². The molecule has 0 N–H and O–H groups in total. The number of ether oxygens (including phenoxy) is 1. The number of carbonyl (C=O) groups excluding carboxylic acids is 1. The van der Waals surface area contributed by atoms with Crippen molar-refractivity contribution in [2.45, 2.75) is 44.9 Å². The lowest BCUT2D eigenvalue weighted by Gasteiger charge is -2.48. The highest BCUT2D eigenvalue weighted by Gasteiger charge is 2.56. The number of ketones is 1. The van der Waals surface area contributed by atoms with Gasteiger partial charge in [-0.2, -0.15) is 0 Å². The third-order valence-corrected chi connectivity index (χ3v) is 7.78. The van der Waals surface area contributed by atoms with Crippen LogP contribution in [0.5, 0.6) is 5.75 Å². The van der Waals surface area contributed by atoms with Gasteiger partial charge in [0.2, 0.25) is 0 Å². The number of halogens is 1. The standard InChI is InChI=1S/C26H27FO2/c1-26-12-11-22-21-10-8-20(29-2)14-17(21)5-9-23(22)24(26)15-18(25(26)28)13-16-3-6-19(27)7-4-16/h3-4,6-8,10,13-14,22-24H,5,9,11-12,15H2,1-2H3/b18-13+/t22-,23-,24-,26+/m0/s1. The van der Waals surface area contributed by atoms with Crippen LogP contribution in [0.4, 0.5) is 4.39 Å². The lowest BCUT2D eigenvalue weighted by molar-refractivity contribution is -0.127. The Bertz CT molecular complexity index is 990. The molecule has 2 aromatic rings. The van der Waals surface area contributed by atoms with Crippen LogP contribution < -0.4 is 4.74 Å². The van der Waals surface area contributed by atoms with Crippen molar-refractivity contribution < 1.29 is 13.9 Å². The first kappa shape index (κ1) is 18.6. The number of aryl methyl sites for hydroxylation is 1. The monoisotopic (exact) mass is 390 g/mol. The Morgan fingerprint density at radius 3 is 2.69 bits per heavy atom. The minimum absolute atomic E-state index is 0.245. The van der Waals surface area contributed by atoms with Crippen molar-refractivity contribution in [2.75, 3.05) is 7.11 Å². The van der Waals surface area contributed by atoms with Crippen LogP contribution in [0.15, 0.2) is 48.0 Å². The molecule has 2 nitrogen and oxygen atoms in total. The van der Waals surface area contributed by atoms with Crippen LogP contribution in [0.1, 0.15) is 55.2 Å². The number of allylic oxidation sites excluding steroid dienone is 1. The fraction of sp³-hybridized carbons (Fsp3) is 0.423. The predicted octanol–water partition coefficient (Wildman–Crippen LogP) is 5.95. The lowest BCUT2D eigenvalue weighted by atomic mass is 9.55. The molecule has 29 heavy (non-hydrogen) atoms. The summed E-state index contributed by atoms with van der Waals surface area (Å²) in [6.07, 6.45) is 7.06. The number of rotatable bonds is 2. The molecule has 2 saturated carbocycles. The summed E-state index contributed by atoms with van der Waals surface area (Å²) in [7, 11) is 1.72. The molecule has 0 heterocycles. The maximum absolute atomic E-state index is 13.4. The summed E-state index contributed by atoms with van der Waals surface area (Å²) in [6.45, 7) is 2.19. The summed E-state index contributed by atoms with van der Waals surface area (Å²) < 4.78 is 18.7. The first-order chi connectivity index (χ1) is 14.0. The van der Waals surface area contributed by atoms with Crippen molar-refractivity contribution in [3.8, 4) is 5.75 Å². The average molecular weight is 390 g/mol. The maximum Gasteiger partial charge on any atom is 0.165 e. The molecule has 3 aliphatic carbocycles. The third kappa shape index (κ3) is 2.94. The van der Waals surface area contributed by atoms with Gasteiger partial charge in [-0.15, -0.1) is 0 Å². The minimum Gasteiger partial charge on any atom is -0.497 e. The SMILES string of the molecule is COc1ccc2c(c1)CC[C@H]1[C@H]2CC[C@@]2(C)C(=O)/C(=C/c3ccc(F)cc3)C[C@@H]12. The third-order valence-electron chi connectivity index (χ3n) is 7.78. The van der Waals surface area contributed by atoms with Gasteiger partial charge in [0.1, 0.15) is 11.6 Å². The number of hydrogen-bond acceptors (Lipinski definition) is 2. The molecule has 0 aliphatic heterocycles. The second-order valence-electron chi connectivity index (χ2n) is 9.19. The van der Waals surface area contributed by atoms with Gasteiger partial charge in [0.25, 0.3) is 0 Å². The Kier molecular flexibility index (Phi) is 4.38. The van der Waals surface area contributed by atoms with E-state index in [1.54, 1.807) is 19.2 Å². The van der Waals surface area contributed by atoms with Gasteiger partial charge < -0.3 is 4.74 Å². The summed E-state index contributed by atoms with van der Waals surface area (Å²) in [5, 5.41) is 0. The van der Waals surface area contributed by atoms with Crippen molar-refractivity contribution >= 4 is 11.9 Å². The molecule has 150 valence electrons. The Morgan fingerprint density at radius 2 is 1.93 bits per heavy atom. The molecule has 4 atom stereocenters. The topological polar surface area (TPSA) is 26.3 Å². The van der Waals surface area contributed by atoms with Gasteiger partial charge in [-0.25, -0.2) is 4.39 Å². The summed E-state index contributed by atoms with van der Waals surface area (Å²) in [5.41, 5.74) is 4.46. The number of carbonyl (C=O) groups is 1. The first-order valence-corrected chi connectivity index (χ1v) is 10.7. The predicted molar refractivity (Wildman–Crippen MR) is 112 cm³/mol. The first-order valence-electron chi connectivity index (χ1n) is 10.7. The highest BCUT2D eigenvalue weighted by molar-refractivity contribution is 6.06. The second kappa shape index (κ2) is 6.83. The molecule has 3 heteroatoms. The van der Waals surface area contributed by atoms with Crippen molar-refractivity contribution in [3.05, 3.63) is 70.5 Å². The molecule has 0 unspecified atom stereocenters. The van der Waals surface area contributed by atoms with Crippen LogP contribution in [0.25, 0.3) is 6.08 Å². The molecule has 0 spiro atoms. The fourth-order valence-corrected chi connectivity index (χ4v) is 6.25. The smallest absolute Gasteiger partial charge is 0.165 e. The molecule has 0 saturated heterocycles. The van der Waals surface area contributed by atoms with E-state index in [0.717, 1.165) is 49.0 Å². The number of fused-ring (bicyclic) bond motifs is 5. The van der Waals surface area contributed by atoms with Crippen LogP contribution in [0.2, 0.25) is 0 Å². The zero-order valence-corrected chi connectivity index (χ0v) is 17.1. The fourth-order valence-electron chi connectivity index (χ4n) is 6.25. The highest BCUT2D eigenvalue weighted by atomic mass is 19.1. The summed E-state index contributed by atoms with van der Waals surface area (Å²) >= 11 is 0. The quantitative estimate of drug-likeness (QED) is 0.592. The van der Waals surface area contributed by atoms with Gasteiger partial charge in [0.05, 0.1) is 7.11 Å². The van der Waals surface area contributed by atoms with Crippen molar-refractivity contribution in [1.29, 1.82) is 0 Å². The van der Waals surface area contributed by atoms with Crippen LogP contribution in [0, 0.1) is 23.1 Å². The molecular weight excluding hydrogens is 363 g/mol. The molecule has 2 aromatic carbocycles.